The van der Waals surface area contributed by atoms with Crippen LogP contribution in [0.15, 0.2) is 29.2 Å². The standard InChI is InChI=1S/C16H19N3OS/c1-12-9-13(6-7-17-12)4-5-14-3-2-8-19(14)16(20)15-10-21-11-18-15/h6-7,9-11,14H,2-5,8H2,1H3/t14-/m0/s1. The van der Waals surface area contributed by atoms with E-state index >= 15 is 0 Å². The molecule has 0 aromatic carbocycles. The molecule has 1 aliphatic heterocycles. The van der Waals surface area contributed by atoms with E-state index in [4.69, 9.17) is 0 Å². The van der Waals surface area contributed by atoms with Gasteiger partial charge in [0.2, 0.25) is 0 Å². The lowest BCUT2D eigenvalue weighted by Gasteiger charge is -2.24. The van der Waals surface area contributed by atoms with E-state index in [1.54, 1.807) is 5.51 Å². The fourth-order valence-corrected chi connectivity index (χ4v) is 3.49. The second-order valence-corrected chi connectivity index (χ2v) is 6.23. The zero-order valence-electron chi connectivity index (χ0n) is 12.2. The van der Waals surface area contributed by atoms with E-state index in [9.17, 15) is 4.79 Å². The first-order chi connectivity index (χ1) is 10.2. The summed E-state index contributed by atoms with van der Waals surface area (Å²) in [6.45, 7) is 2.87. The molecule has 2 aromatic rings. The SMILES string of the molecule is Cc1cc(CC[C@@H]2CCCN2C(=O)c2cscn2)ccn1. The summed E-state index contributed by atoms with van der Waals surface area (Å²) in [5.41, 5.74) is 4.66. The van der Waals surface area contributed by atoms with Crippen LogP contribution in [-0.2, 0) is 6.42 Å². The van der Waals surface area contributed by atoms with Crippen molar-refractivity contribution in [2.45, 2.75) is 38.6 Å². The number of carbonyl (C=O) groups is 1. The lowest BCUT2D eigenvalue weighted by molar-refractivity contribution is 0.0725. The van der Waals surface area contributed by atoms with Crippen LogP contribution < -0.4 is 0 Å². The van der Waals surface area contributed by atoms with Gasteiger partial charge in [0, 0.05) is 29.9 Å². The first kappa shape index (κ1) is 14.2. The summed E-state index contributed by atoms with van der Waals surface area (Å²) in [5, 5.41) is 1.84. The number of rotatable bonds is 4. The number of hydrogen-bond acceptors (Lipinski definition) is 4. The molecule has 1 saturated heterocycles. The van der Waals surface area contributed by atoms with E-state index in [-0.39, 0.29) is 5.91 Å². The summed E-state index contributed by atoms with van der Waals surface area (Å²) in [6.07, 6.45) is 6.06. The Morgan fingerprint density at radius 1 is 1.48 bits per heavy atom. The average molecular weight is 301 g/mol. The van der Waals surface area contributed by atoms with Crippen LogP contribution in [0.3, 0.4) is 0 Å². The molecule has 1 aliphatic rings. The van der Waals surface area contributed by atoms with Crippen LogP contribution in [0.25, 0.3) is 0 Å². The topological polar surface area (TPSA) is 46.1 Å². The summed E-state index contributed by atoms with van der Waals surface area (Å²) in [6, 6.07) is 4.53. The number of aromatic nitrogens is 2. The molecule has 110 valence electrons. The molecular formula is C16H19N3OS. The highest BCUT2D eigenvalue weighted by atomic mass is 32.1. The molecule has 5 heteroatoms. The fraction of sp³-hybridized carbons (Fsp3) is 0.438. The van der Waals surface area contributed by atoms with Gasteiger partial charge in [-0.05, 0) is 50.3 Å². The Balaban J connectivity index is 1.63. The number of amides is 1. The van der Waals surface area contributed by atoms with Gasteiger partial charge in [0.25, 0.3) is 5.91 Å². The number of hydrogen-bond donors (Lipinski definition) is 0. The van der Waals surface area contributed by atoms with E-state index in [2.05, 4.69) is 22.1 Å². The zero-order valence-corrected chi connectivity index (χ0v) is 13.0. The maximum Gasteiger partial charge on any atom is 0.273 e. The minimum absolute atomic E-state index is 0.0876. The first-order valence-corrected chi connectivity index (χ1v) is 8.29. The average Bonchev–Trinajstić information content (AvgIpc) is 3.16. The normalized spacial score (nSPS) is 18.1. The molecule has 0 unspecified atom stereocenters. The van der Waals surface area contributed by atoms with E-state index in [1.807, 2.05) is 23.4 Å². The van der Waals surface area contributed by atoms with Gasteiger partial charge >= 0.3 is 0 Å². The number of nitrogens with zero attached hydrogens (tertiary/aromatic N) is 3. The summed E-state index contributed by atoms with van der Waals surface area (Å²) < 4.78 is 0. The summed E-state index contributed by atoms with van der Waals surface area (Å²) >= 11 is 1.47. The molecule has 4 nitrogen and oxygen atoms in total. The Kier molecular flexibility index (Phi) is 4.29. The lowest BCUT2D eigenvalue weighted by Crippen LogP contribution is -2.36. The zero-order chi connectivity index (χ0) is 14.7. The Bertz CT molecular complexity index is 612. The van der Waals surface area contributed by atoms with Crippen LogP contribution >= 0.6 is 11.3 Å². The number of likely N-dealkylation sites (tertiary alicyclic amines) is 1. The minimum Gasteiger partial charge on any atom is -0.334 e. The molecule has 3 heterocycles. The van der Waals surface area contributed by atoms with Gasteiger partial charge < -0.3 is 4.90 Å². The van der Waals surface area contributed by atoms with Gasteiger partial charge in [-0.1, -0.05) is 0 Å². The van der Waals surface area contributed by atoms with Crippen LogP contribution in [0.5, 0.6) is 0 Å². The molecule has 0 spiro atoms. The molecule has 1 atom stereocenters. The largest absolute Gasteiger partial charge is 0.334 e. The third kappa shape index (κ3) is 3.29. The number of thiazole rings is 1. The van der Waals surface area contributed by atoms with Gasteiger partial charge in [-0.25, -0.2) is 4.98 Å². The second kappa shape index (κ2) is 6.35. The number of carbonyl (C=O) groups excluding carboxylic acids is 1. The highest BCUT2D eigenvalue weighted by molar-refractivity contribution is 7.07. The lowest BCUT2D eigenvalue weighted by atomic mass is 10.0. The van der Waals surface area contributed by atoms with Crippen molar-refractivity contribution in [2.75, 3.05) is 6.54 Å². The van der Waals surface area contributed by atoms with E-state index < -0.39 is 0 Å². The van der Waals surface area contributed by atoms with Crippen LogP contribution in [0.1, 0.15) is 41.0 Å². The van der Waals surface area contributed by atoms with Crippen LogP contribution in [0.4, 0.5) is 0 Å². The Morgan fingerprint density at radius 2 is 2.38 bits per heavy atom. The van der Waals surface area contributed by atoms with Gasteiger partial charge in [0.15, 0.2) is 0 Å². The van der Waals surface area contributed by atoms with Crippen molar-refractivity contribution in [3.63, 3.8) is 0 Å². The van der Waals surface area contributed by atoms with E-state index in [0.717, 1.165) is 37.9 Å². The smallest absolute Gasteiger partial charge is 0.273 e. The van der Waals surface area contributed by atoms with Gasteiger partial charge in [-0.3, -0.25) is 9.78 Å². The summed E-state index contributed by atoms with van der Waals surface area (Å²) in [7, 11) is 0. The highest BCUT2D eigenvalue weighted by Gasteiger charge is 2.29. The maximum atomic E-state index is 12.4. The van der Waals surface area contributed by atoms with Crippen LogP contribution in [0, 0.1) is 6.92 Å². The predicted molar refractivity (Wildman–Crippen MR) is 83.5 cm³/mol. The molecule has 1 fully saturated rings. The van der Waals surface area contributed by atoms with Crippen molar-refractivity contribution in [3.8, 4) is 0 Å². The van der Waals surface area contributed by atoms with Crippen molar-refractivity contribution in [1.82, 2.24) is 14.9 Å². The third-order valence-corrected chi connectivity index (χ3v) is 4.60. The molecule has 0 aliphatic carbocycles. The molecular weight excluding hydrogens is 282 g/mol. The van der Waals surface area contributed by atoms with Crippen molar-refractivity contribution in [1.29, 1.82) is 0 Å². The maximum absolute atomic E-state index is 12.4. The van der Waals surface area contributed by atoms with Gasteiger partial charge in [0.1, 0.15) is 5.69 Å². The fourth-order valence-electron chi connectivity index (χ4n) is 2.96. The van der Waals surface area contributed by atoms with E-state index in [0.29, 0.717) is 11.7 Å². The predicted octanol–water partition coefficient (Wildman–Crippen LogP) is 3.08. The first-order valence-electron chi connectivity index (χ1n) is 7.35. The van der Waals surface area contributed by atoms with Crippen molar-refractivity contribution in [3.05, 3.63) is 46.2 Å². The molecule has 0 N–H and O–H groups in total. The van der Waals surface area contributed by atoms with Crippen LogP contribution in [0.2, 0.25) is 0 Å². The Labute approximate surface area is 128 Å². The molecule has 2 aromatic heterocycles. The highest BCUT2D eigenvalue weighted by Crippen LogP contribution is 2.24. The Morgan fingerprint density at radius 3 is 3.14 bits per heavy atom. The van der Waals surface area contributed by atoms with E-state index in [1.165, 1.54) is 16.9 Å². The quantitative estimate of drug-likeness (QED) is 0.872. The number of aryl methyl sites for hydroxylation is 2. The summed E-state index contributed by atoms with van der Waals surface area (Å²) in [4.78, 5) is 22.8. The van der Waals surface area contributed by atoms with Crippen molar-refractivity contribution < 1.29 is 4.79 Å². The number of pyridine rings is 1. The second-order valence-electron chi connectivity index (χ2n) is 5.51. The summed E-state index contributed by atoms with van der Waals surface area (Å²) in [5.74, 6) is 0.0876. The Hall–Kier alpha value is -1.75. The molecule has 3 rings (SSSR count). The molecule has 0 bridgehead atoms. The molecule has 21 heavy (non-hydrogen) atoms. The monoisotopic (exact) mass is 301 g/mol. The molecule has 1 amide bonds. The minimum atomic E-state index is 0.0876. The third-order valence-electron chi connectivity index (χ3n) is 4.02. The van der Waals surface area contributed by atoms with Gasteiger partial charge in [0.05, 0.1) is 5.51 Å². The molecule has 0 saturated carbocycles. The van der Waals surface area contributed by atoms with Crippen molar-refractivity contribution >= 4 is 17.2 Å². The van der Waals surface area contributed by atoms with Crippen molar-refractivity contribution in [2.24, 2.45) is 0 Å². The molecule has 0 radical (unpaired) electrons. The van der Waals surface area contributed by atoms with Gasteiger partial charge in [-0.2, -0.15) is 0 Å². The van der Waals surface area contributed by atoms with Gasteiger partial charge in [-0.15, -0.1) is 11.3 Å². The van der Waals surface area contributed by atoms with Crippen LogP contribution in [-0.4, -0.2) is 33.4 Å².